The maximum Gasteiger partial charge on any atom is 0.251 e. The first kappa shape index (κ1) is 22.9. The minimum absolute atomic E-state index is 0.0992. The average molecular weight is 451 g/mol. The zero-order chi connectivity index (χ0) is 23.3. The number of pyridine rings is 1. The molecule has 33 heavy (non-hydrogen) atoms. The molecule has 6 nitrogen and oxygen atoms in total. The molecule has 0 spiro atoms. The smallest absolute Gasteiger partial charge is 0.251 e. The molecule has 7 heteroatoms. The summed E-state index contributed by atoms with van der Waals surface area (Å²) >= 11 is 0. The summed E-state index contributed by atoms with van der Waals surface area (Å²) in [7, 11) is 2.20. The molecule has 1 N–H and O–H groups in total. The molecule has 1 aromatic heterocycles. The van der Waals surface area contributed by atoms with Gasteiger partial charge in [-0.05, 0) is 67.6 Å². The SMILES string of the molecule is Cc1cc(C(=O)NCC[N+]2(C)CCOCC2)cc(-c2ccc(Oc3ccc(F)cc3)cc2)n1. The van der Waals surface area contributed by atoms with Crippen molar-refractivity contribution < 1.29 is 23.1 Å². The van der Waals surface area contributed by atoms with Crippen molar-refractivity contribution in [2.75, 3.05) is 46.4 Å². The van der Waals surface area contributed by atoms with Gasteiger partial charge in [-0.3, -0.25) is 9.78 Å². The van der Waals surface area contributed by atoms with Crippen molar-refractivity contribution in [3.8, 4) is 22.8 Å². The molecule has 3 aromatic rings. The van der Waals surface area contributed by atoms with Crippen LogP contribution in [0.2, 0.25) is 0 Å². The molecular weight excluding hydrogens is 421 g/mol. The molecule has 0 bridgehead atoms. The number of benzene rings is 2. The van der Waals surface area contributed by atoms with E-state index in [9.17, 15) is 9.18 Å². The van der Waals surface area contributed by atoms with Gasteiger partial charge in [-0.15, -0.1) is 0 Å². The monoisotopic (exact) mass is 450 g/mol. The number of hydrogen-bond acceptors (Lipinski definition) is 4. The van der Waals surface area contributed by atoms with Crippen LogP contribution in [-0.2, 0) is 4.74 Å². The van der Waals surface area contributed by atoms with Crippen LogP contribution in [0.5, 0.6) is 11.5 Å². The van der Waals surface area contributed by atoms with Crippen molar-refractivity contribution in [1.82, 2.24) is 10.3 Å². The van der Waals surface area contributed by atoms with Gasteiger partial charge in [-0.2, -0.15) is 0 Å². The number of quaternary nitrogens is 1. The number of amides is 1. The number of aromatic nitrogens is 1. The van der Waals surface area contributed by atoms with Gasteiger partial charge in [0, 0.05) is 16.8 Å². The normalized spacial score (nSPS) is 15.1. The largest absolute Gasteiger partial charge is 0.457 e. The van der Waals surface area contributed by atoms with Crippen molar-refractivity contribution in [3.63, 3.8) is 0 Å². The Morgan fingerprint density at radius 2 is 1.70 bits per heavy atom. The molecule has 1 fully saturated rings. The number of ether oxygens (including phenoxy) is 2. The number of rotatable bonds is 7. The minimum Gasteiger partial charge on any atom is -0.457 e. The summed E-state index contributed by atoms with van der Waals surface area (Å²) in [4.78, 5) is 17.4. The Morgan fingerprint density at radius 1 is 1.06 bits per heavy atom. The second-order valence-electron chi connectivity index (χ2n) is 8.62. The summed E-state index contributed by atoms with van der Waals surface area (Å²) in [6.07, 6.45) is 0. The summed E-state index contributed by atoms with van der Waals surface area (Å²) in [5.74, 6) is 0.790. The quantitative estimate of drug-likeness (QED) is 0.549. The van der Waals surface area contributed by atoms with Crippen LogP contribution in [0.4, 0.5) is 4.39 Å². The number of carbonyl (C=O) groups excluding carboxylic acids is 1. The topological polar surface area (TPSA) is 60.5 Å². The first-order valence-electron chi connectivity index (χ1n) is 11.1. The number of aryl methyl sites for hydroxylation is 1. The lowest BCUT2D eigenvalue weighted by molar-refractivity contribution is -0.915. The van der Waals surface area contributed by atoms with E-state index in [4.69, 9.17) is 9.47 Å². The number of morpholine rings is 1. The second kappa shape index (κ2) is 10.1. The number of likely N-dealkylation sites (N-methyl/N-ethyl adjacent to an activating group) is 1. The van der Waals surface area contributed by atoms with Gasteiger partial charge >= 0.3 is 0 Å². The number of nitrogens with zero attached hydrogens (tertiary/aromatic N) is 2. The first-order valence-corrected chi connectivity index (χ1v) is 11.1. The Bertz CT molecular complexity index is 1090. The van der Waals surface area contributed by atoms with E-state index in [1.807, 2.05) is 37.3 Å². The van der Waals surface area contributed by atoms with Crippen molar-refractivity contribution in [3.05, 3.63) is 77.7 Å². The third-order valence-electron chi connectivity index (χ3n) is 5.90. The fourth-order valence-corrected chi connectivity index (χ4v) is 3.83. The molecule has 1 aliphatic rings. The molecule has 2 heterocycles. The predicted octanol–water partition coefficient (Wildman–Crippen LogP) is 4.20. The van der Waals surface area contributed by atoms with E-state index < -0.39 is 0 Å². The predicted molar refractivity (Wildman–Crippen MR) is 125 cm³/mol. The molecule has 4 rings (SSSR count). The second-order valence-corrected chi connectivity index (χ2v) is 8.62. The van der Waals surface area contributed by atoms with Gasteiger partial charge in [-0.25, -0.2) is 4.39 Å². The Morgan fingerprint density at radius 3 is 2.36 bits per heavy atom. The molecule has 1 amide bonds. The molecule has 2 aromatic carbocycles. The van der Waals surface area contributed by atoms with Gasteiger partial charge < -0.3 is 19.3 Å². The van der Waals surface area contributed by atoms with E-state index >= 15 is 0 Å². The highest BCUT2D eigenvalue weighted by molar-refractivity contribution is 5.95. The maximum atomic E-state index is 13.1. The Labute approximate surface area is 193 Å². The van der Waals surface area contributed by atoms with Crippen LogP contribution in [0.1, 0.15) is 16.1 Å². The van der Waals surface area contributed by atoms with Crippen LogP contribution >= 0.6 is 0 Å². The van der Waals surface area contributed by atoms with Crippen LogP contribution in [-0.4, -0.2) is 61.8 Å². The van der Waals surface area contributed by atoms with E-state index in [-0.39, 0.29) is 11.7 Å². The minimum atomic E-state index is -0.306. The van der Waals surface area contributed by atoms with E-state index in [0.717, 1.165) is 54.3 Å². The molecule has 0 radical (unpaired) electrons. The van der Waals surface area contributed by atoms with Crippen molar-refractivity contribution >= 4 is 5.91 Å². The summed E-state index contributed by atoms with van der Waals surface area (Å²) in [5.41, 5.74) is 2.97. The van der Waals surface area contributed by atoms with Crippen molar-refractivity contribution in [1.29, 1.82) is 0 Å². The van der Waals surface area contributed by atoms with Crippen LogP contribution in [0, 0.1) is 12.7 Å². The fraction of sp³-hybridized carbons (Fsp3) is 0.308. The number of hydrogen-bond donors (Lipinski definition) is 1. The Hall–Kier alpha value is -3.29. The zero-order valence-corrected chi connectivity index (χ0v) is 19.0. The summed E-state index contributed by atoms with van der Waals surface area (Å²) in [6.45, 7) is 6.84. The van der Waals surface area contributed by atoms with E-state index in [2.05, 4.69) is 17.3 Å². The molecule has 0 atom stereocenters. The third-order valence-corrected chi connectivity index (χ3v) is 5.90. The van der Waals surface area contributed by atoms with Gasteiger partial charge in [0.1, 0.15) is 30.4 Å². The number of halogens is 1. The summed E-state index contributed by atoms with van der Waals surface area (Å²) in [6, 6.07) is 16.9. The maximum absolute atomic E-state index is 13.1. The standard InChI is InChI=1S/C26H28FN3O3/c1-19-17-21(26(31)28-11-12-30(2)13-15-32-16-14-30)18-25(29-19)20-3-7-23(8-4-20)33-24-9-5-22(27)6-10-24/h3-10,17-18H,11-16H2,1-2H3/p+1. The molecule has 172 valence electrons. The van der Waals surface area contributed by atoms with Crippen LogP contribution in [0.25, 0.3) is 11.3 Å². The van der Waals surface area contributed by atoms with Crippen molar-refractivity contribution in [2.24, 2.45) is 0 Å². The molecule has 1 saturated heterocycles. The lowest BCUT2D eigenvalue weighted by Crippen LogP contribution is -2.54. The lowest BCUT2D eigenvalue weighted by atomic mass is 10.1. The van der Waals surface area contributed by atoms with Gasteiger partial charge in [0.25, 0.3) is 5.91 Å². The number of nitrogens with one attached hydrogen (secondary N) is 1. The molecule has 0 aliphatic carbocycles. The van der Waals surface area contributed by atoms with Gasteiger partial charge in [-0.1, -0.05) is 0 Å². The van der Waals surface area contributed by atoms with Crippen LogP contribution in [0.15, 0.2) is 60.7 Å². The van der Waals surface area contributed by atoms with E-state index in [1.54, 1.807) is 18.2 Å². The van der Waals surface area contributed by atoms with E-state index in [1.165, 1.54) is 12.1 Å². The van der Waals surface area contributed by atoms with Gasteiger partial charge in [0.05, 0.1) is 39.0 Å². The molecule has 0 saturated carbocycles. The average Bonchev–Trinajstić information content (AvgIpc) is 2.81. The number of carbonyl (C=O) groups is 1. The summed E-state index contributed by atoms with van der Waals surface area (Å²) in [5, 5.41) is 3.05. The van der Waals surface area contributed by atoms with Crippen molar-refractivity contribution in [2.45, 2.75) is 6.92 Å². The van der Waals surface area contributed by atoms with Gasteiger partial charge in [0.2, 0.25) is 0 Å². The fourth-order valence-electron chi connectivity index (χ4n) is 3.83. The molecule has 1 aliphatic heterocycles. The first-order chi connectivity index (χ1) is 15.9. The third kappa shape index (κ3) is 6.15. The van der Waals surface area contributed by atoms with Gasteiger partial charge in [0.15, 0.2) is 0 Å². The lowest BCUT2D eigenvalue weighted by Gasteiger charge is -2.37. The Balaban J connectivity index is 1.40. The van der Waals surface area contributed by atoms with Crippen LogP contribution in [0.3, 0.4) is 0 Å². The highest BCUT2D eigenvalue weighted by Crippen LogP contribution is 2.26. The highest BCUT2D eigenvalue weighted by Gasteiger charge is 2.24. The highest BCUT2D eigenvalue weighted by atomic mass is 19.1. The summed E-state index contributed by atoms with van der Waals surface area (Å²) < 4.78 is 25.2. The zero-order valence-electron chi connectivity index (χ0n) is 19.0. The molecule has 0 unspecified atom stereocenters. The molecular formula is C26H29FN3O3+. The van der Waals surface area contributed by atoms with Crippen LogP contribution < -0.4 is 10.1 Å². The van der Waals surface area contributed by atoms with E-state index in [0.29, 0.717) is 23.6 Å². The Kier molecular flexibility index (Phi) is 7.01.